The number of pyridine rings is 1. The number of halogens is 1. The first kappa shape index (κ1) is 13.1. The van der Waals surface area contributed by atoms with Gasteiger partial charge in [0, 0.05) is 18.8 Å². The second-order valence-electron chi connectivity index (χ2n) is 4.12. The van der Waals surface area contributed by atoms with Crippen LogP contribution in [0, 0.1) is 26.6 Å². The number of anilines is 3. The van der Waals surface area contributed by atoms with Crippen molar-refractivity contribution in [2.75, 3.05) is 17.7 Å². The topological polar surface area (TPSA) is 75.6 Å². The fourth-order valence-electron chi connectivity index (χ4n) is 1.58. The van der Waals surface area contributed by atoms with Gasteiger partial charge in [0.2, 0.25) is 11.9 Å². The maximum atomic E-state index is 14.0. The van der Waals surface area contributed by atoms with Crippen LogP contribution in [-0.2, 0) is 0 Å². The highest BCUT2D eigenvalue weighted by Gasteiger charge is 2.12. The first-order chi connectivity index (χ1) is 9.01. The van der Waals surface area contributed by atoms with Gasteiger partial charge in [0.1, 0.15) is 5.82 Å². The highest BCUT2D eigenvalue weighted by molar-refractivity contribution is 5.58. The minimum absolute atomic E-state index is 0.284. The Balaban J connectivity index is 2.41. The molecule has 0 atom stereocenters. The second-order valence-corrected chi connectivity index (χ2v) is 4.12. The molecule has 0 spiro atoms. The third kappa shape index (κ3) is 2.75. The van der Waals surface area contributed by atoms with Gasteiger partial charge in [-0.3, -0.25) is 4.98 Å². The van der Waals surface area contributed by atoms with Crippen LogP contribution in [0.2, 0.25) is 0 Å². The SMILES string of the molecule is CNc1nc(C)nc(Nc2c(C)ncc(C)c2F)n1. The molecule has 0 aliphatic rings. The Morgan fingerprint density at radius 1 is 1.05 bits per heavy atom. The summed E-state index contributed by atoms with van der Waals surface area (Å²) in [6, 6.07) is 0. The molecule has 2 aromatic heterocycles. The van der Waals surface area contributed by atoms with Gasteiger partial charge in [-0.2, -0.15) is 15.0 Å². The smallest absolute Gasteiger partial charge is 0.232 e. The minimum atomic E-state index is -0.350. The molecule has 19 heavy (non-hydrogen) atoms. The fraction of sp³-hybridized carbons (Fsp3) is 0.333. The summed E-state index contributed by atoms with van der Waals surface area (Å²) in [7, 11) is 1.71. The van der Waals surface area contributed by atoms with Crippen LogP contribution >= 0.6 is 0 Å². The van der Waals surface area contributed by atoms with E-state index in [2.05, 4.69) is 30.6 Å². The highest BCUT2D eigenvalue weighted by atomic mass is 19.1. The van der Waals surface area contributed by atoms with Gasteiger partial charge in [-0.15, -0.1) is 0 Å². The van der Waals surface area contributed by atoms with Crippen molar-refractivity contribution in [3.63, 3.8) is 0 Å². The van der Waals surface area contributed by atoms with Crippen molar-refractivity contribution in [2.45, 2.75) is 20.8 Å². The average Bonchev–Trinajstić information content (AvgIpc) is 2.38. The van der Waals surface area contributed by atoms with Crippen molar-refractivity contribution in [3.05, 3.63) is 29.1 Å². The summed E-state index contributed by atoms with van der Waals surface area (Å²) in [6.45, 7) is 5.12. The van der Waals surface area contributed by atoms with Gasteiger partial charge >= 0.3 is 0 Å². The number of aromatic nitrogens is 4. The number of aryl methyl sites for hydroxylation is 3. The van der Waals surface area contributed by atoms with Gasteiger partial charge in [-0.1, -0.05) is 0 Å². The molecule has 0 aliphatic heterocycles. The van der Waals surface area contributed by atoms with Crippen LogP contribution in [0.4, 0.5) is 22.0 Å². The summed E-state index contributed by atoms with van der Waals surface area (Å²) in [5.74, 6) is 0.900. The minimum Gasteiger partial charge on any atom is -0.357 e. The average molecular weight is 262 g/mol. The van der Waals surface area contributed by atoms with E-state index < -0.39 is 0 Å². The summed E-state index contributed by atoms with van der Waals surface area (Å²) >= 11 is 0. The molecule has 0 saturated heterocycles. The molecule has 2 heterocycles. The Morgan fingerprint density at radius 3 is 2.42 bits per heavy atom. The van der Waals surface area contributed by atoms with Crippen LogP contribution in [0.25, 0.3) is 0 Å². The van der Waals surface area contributed by atoms with Gasteiger partial charge in [0.05, 0.1) is 11.4 Å². The molecule has 6 nitrogen and oxygen atoms in total. The molecule has 0 aromatic carbocycles. The molecule has 0 radical (unpaired) electrons. The molecule has 7 heteroatoms. The van der Waals surface area contributed by atoms with Crippen LogP contribution < -0.4 is 10.6 Å². The zero-order valence-corrected chi connectivity index (χ0v) is 11.2. The molecule has 100 valence electrons. The second kappa shape index (κ2) is 5.13. The number of nitrogens with one attached hydrogen (secondary N) is 2. The van der Waals surface area contributed by atoms with Crippen LogP contribution in [0.15, 0.2) is 6.20 Å². The first-order valence-electron chi connectivity index (χ1n) is 5.80. The zero-order valence-electron chi connectivity index (χ0n) is 11.2. The maximum absolute atomic E-state index is 14.0. The van der Waals surface area contributed by atoms with Crippen LogP contribution in [-0.4, -0.2) is 27.0 Å². The van der Waals surface area contributed by atoms with E-state index in [-0.39, 0.29) is 17.5 Å². The molecular weight excluding hydrogens is 247 g/mol. The molecule has 0 aliphatic carbocycles. The summed E-state index contributed by atoms with van der Waals surface area (Å²) in [5, 5.41) is 5.68. The Kier molecular flexibility index (Phi) is 3.55. The van der Waals surface area contributed by atoms with Crippen molar-refractivity contribution < 1.29 is 4.39 Å². The molecule has 2 aromatic rings. The lowest BCUT2D eigenvalue weighted by molar-refractivity contribution is 0.618. The van der Waals surface area contributed by atoms with Crippen molar-refractivity contribution in [2.24, 2.45) is 0 Å². The fourth-order valence-corrected chi connectivity index (χ4v) is 1.58. The lowest BCUT2D eigenvalue weighted by Gasteiger charge is -2.11. The summed E-state index contributed by atoms with van der Waals surface area (Å²) in [6.07, 6.45) is 1.49. The first-order valence-corrected chi connectivity index (χ1v) is 5.80. The van der Waals surface area contributed by atoms with Crippen molar-refractivity contribution >= 4 is 17.6 Å². The van der Waals surface area contributed by atoms with Crippen LogP contribution in [0.3, 0.4) is 0 Å². The van der Waals surface area contributed by atoms with Gasteiger partial charge < -0.3 is 10.6 Å². The standard InChI is InChI=1S/C12H15FN6/c1-6-5-15-7(2)10(9(6)13)18-12-17-8(3)16-11(14-4)19-12/h5H,1-4H3,(H2,14,16,17,18,19). The Bertz CT molecular complexity index is 613. The quantitative estimate of drug-likeness (QED) is 0.882. The molecular formula is C12H15FN6. The third-order valence-electron chi connectivity index (χ3n) is 2.59. The van der Waals surface area contributed by atoms with Crippen molar-refractivity contribution in [1.29, 1.82) is 0 Å². The van der Waals surface area contributed by atoms with E-state index in [0.29, 0.717) is 23.0 Å². The molecule has 2 N–H and O–H groups in total. The summed E-state index contributed by atoms with van der Waals surface area (Å²) in [5.41, 5.74) is 1.30. The van der Waals surface area contributed by atoms with Crippen LogP contribution in [0.1, 0.15) is 17.1 Å². The van der Waals surface area contributed by atoms with E-state index >= 15 is 0 Å². The number of hydrogen-bond donors (Lipinski definition) is 2. The maximum Gasteiger partial charge on any atom is 0.232 e. The molecule has 0 unspecified atom stereocenters. The van der Waals surface area contributed by atoms with Gasteiger partial charge in [0.15, 0.2) is 5.82 Å². The number of nitrogens with zero attached hydrogens (tertiary/aromatic N) is 4. The van der Waals surface area contributed by atoms with Crippen LogP contribution in [0.5, 0.6) is 0 Å². The van der Waals surface area contributed by atoms with E-state index in [0.717, 1.165) is 0 Å². The van der Waals surface area contributed by atoms with Gasteiger partial charge in [-0.05, 0) is 20.8 Å². The van der Waals surface area contributed by atoms with E-state index in [1.165, 1.54) is 6.20 Å². The zero-order chi connectivity index (χ0) is 14.0. The summed E-state index contributed by atoms with van der Waals surface area (Å²) < 4.78 is 14.0. The molecule has 0 saturated carbocycles. The normalized spacial score (nSPS) is 10.4. The van der Waals surface area contributed by atoms with Gasteiger partial charge in [0.25, 0.3) is 0 Å². The largest absolute Gasteiger partial charge is 0.357 e. The molecule has 2 rings (SSSR count). The summed E-state index contributed by atoms with van der Waals surface area (Å²) in [4.78, 5) is 16.4. The third-order valence-corrected chi connectivity index (χ3v) is 2.59. The lowest BCUT2D eigenvalue weighted by Crippen LogP contribution is -2.08. The number of rotatable bonds is 3. The van der Waals surface area contributed by atoms with Crippen molar-refractivity contribution in [1.82, 2.24) is 19.9 Å². The monoisotopic (exact) mass is 262 g/mol. The van der Waals surface area contributed by atoms with Crippen molar-refractivity contribution in [3.8, 4) is 0 Å². The van der Waals surface area contributed by atoms with E-state index in [1.807, 2.05) is 0 Å². The number of hydrogen-bond acceptors (Lipinski definition) is 6. The predicted octanol–water partition coefficient (Wildman–Crippen LogP) is 2.12. The Hall–Kier alpha value is -2.31. The Labute approximate surface area is 110 Å². The Morgan fingerprint density at radius 2 is 1.74 bits per heavy atom. The van der Waals surface area contributed by atoms with E-state index in [4.69, 9.17) is 0 Å². The van der Waals surface area contributed by atoms with E-state index in [9.17, 15) is 4.39 Å². The molecule has 0 amide bonds. The van der Waals surface area contributed by atoms with E-state index in [1.54, 1.807) is 27.8 Å². The predicted molar refractivity (Wildman–Crippen MR) is 71.1 cm³/mol. The highest BCUT2D eigenvalue weighted by Crippen LogP contribution is 2.23. The van der Waals surface area contributed by atoms with Gasteiger partial charge in [-0.25, -0.2) is 4.39 Å². The lowest BCUT2D eigenvalue weighted by atomic mass is 10.2. The molecule has 0 bridgehead atoms. The molecule has 0 fully saturated rings.